The number of halogens is 1. The molecule has 0 aliphatic carbocycles. The van der Waals surface area contributed by atoms with E-state index < -0.39 is 20.9 Å². The predicted molar refractivity (Wildman–Crippen MR) is 126 cm³/mol. The molecule has 0 saturated carbocycles. The molecular formula is C22H20ClN3O6S. The van der Waals surface area contributed by atoms with E-state index in [-0.39, 0.29) is 26.9 Å². The fourth-order valence-corrected chi connectivity index (χ4v) is 4.57. The zero-order valence-corrected chi connectivity index (χ0v) is 19.2. The van der Waals surface area contributed by atoms with Gasteiger partial charge in [-0.3, -0.25) is 19.6 Å². The first-order valence-electron chi connectivity index (χ1n) is 9.72. The van der Waals surface area contributed by atoms with Crippen LogP contribution >= 0.6 is 11.6 Å². The van der Waals surface area contributed by atoms with Crippen molar-refractivity contribution in [3.63, 3.8) is 0 Å². The molecule has 0 saturated heterocycles. The van der Waals surface area contributed by atoms with Crippen LogP contribution in [-0.4, -0.2) is 25.9 Å². The minimum atomic E-state index is -4.06. The Morgan fingerprint density at radius 1 is 1.06 bits per heavy atom. The van der Waals surface area contributed by atoms with E-state index in [2.05, 4.69) is 10.0 Å². The van der Waals surface area contributed by atoms with Gasteiger partial charge in [-0.15, -0.1) is 0 Å². The van der Waals surface area contributed by atoms with E-state index in [1.807, 2.05) is 6.92 Å². The van der Waals surface area contributed by atoms with Gasteiger partial charge in [0, 0.05) is 28.6 Å². The number of ether oxygens (including phenoxy) is 1. The normalized spacial score (nSPS) is 11.0. The van der Waals surface area contributed by atoms with Crippen LogP contribution in [0.25, 0.3) is 0 Å². The summed E-state index contributed by atoms with van der Waals surface area (Å²) in [5.41, 5.74) is 0.904. The molecule has 0 atom stereocenters. The van der Waals surface area contributed by atoms with Gasteiger partial charge in [-0.05, 0) is 68.4 Å². The third-order valence-electron chi connectivity index (χ3n) is 4.55. The number of nitro benzene ring substituents is 1. The molecule has 0 aromatic heterocycles. The van der Waals surface area contributed by atoms with E-state index in [0.29, 0.717) is 23.6 Å². The van der Waals surface area contributed by atoms with Gasteiger partial charge in [-0.25, -0.2) is 8.42 Å². The van der Waals surface area contributed by atoms with E-state index in [1.54, 1.807) is 24.3 Å². The van der Waals surface area contributed by atoms with Gasteiger partial charge in [0.15, 0.2) is 0 Å². The summed E-state index contributed by atoms with van der Waals surface area (Å²) in [6.45, 7) is 3.85. The Labute approximate surface area is 195 Å². The van der Waals surface area contributed by atoms with Crippen LogP contribution < -0.4 is 14.8 Å². The Hall–Kier alpha value is -3.63. The summed E-state index contributed by atoms with van der Waals surface area (Å²) >= 11 is 6.12. The SMILES string of the molecule is CCOc1ccc(NS(=O)(=O)c2cc(NC(=O)c3ccc([N+](=O)[O-])c(C)c3)ccc2Cl)cc1. The summed E-state index contributed by atoms with van der Waals surface area (Å²) in [6, 6.07) is 14.4. The predicted octanol–water partition coefficient (Wildman–Crippen LogP) is 5.01. The lowest BCUT2D eigenvalue weighted by Crippen LogP contribution is -2.16. The first-order valence-corrected chi connectivity index (χ1v) is 11.6. The van der Waals surface area contributed by atoms with Gasteiger partial charge >= 0.3 is 0 Å². The molecule has 0 heterocycles. The fourth-order valence-electron chi connectivity index (χ4n) is 2.99. The highest BCUT2D eigenvalue weighted by Gasteiger charge is 2.20. The maximum Gasteiger partial charge on any atom is 0.272 e. The maximum absolute atomic E-state index is 12.9. The quantitative estimate of drug-likeness (QED) is 0.338. The summed E-state index contributed by atoms with van der Waals surface area (Å²) < 4.78 is 33.5. The van der Waals surface area contributed by atoms with Gasteiger partial charge < -0.3 is 10.1 Å². The van der Waals surface area contributed by atoms with E-state index in [1.165, 1.54) is 43.3 Å². The van der Waals surface area contributed by atoms with Crippen LogP contribution in [0, 0.1) is 17.0 Å². The Morgan fingerprint density at radius 3 is 2.33 bits per heavy atom. The molecule has 1 amide bonds. The summed E-state index contributed by atoms with van der Waals surface area (Å²) in [5.74, 6) is 0.0443. The van der Waals surface area contributed by atoms with Crippen molar-refractivity contribution < 1.29 is 22.9 Å². The number of carbonyl (C=O) groups excluding carboxylic acids is 1. The number of hydrogen-bond acceptors (Lipinski definition) is 6. The smallest absolute Gasteiger partial charge is 0.272 e. The lowest BCUT2D eigenvalue weighted by Gasteiger charge is -2.12. The average molecular weight is 490 g/mol. The average Bonchev–Trinajstić information content (AvgIpc) is 2.76. The van der Waals surface area contributed by atoms with Crippen molar-refractivity contribution in [2.45, 2.75) is 18.7 Å². The molecule has 3 aromatic rings. The lowest BCUT2D eigenvalue weighted by molar-refractivity contribution is -0.385. The van der Waals surface area contributed by atoms with Gasteiger partial charge in [0.25, 0.3) is 21.6 Å². The van der Waals surface area contributed by atoms with Crippen molar-refractivity contribution in [1.29, 1.82) is 0 Å². The van der Waals surface area contributed by atoms with Crippen molar-refractivity contribution in [2.75, 3.05) is 16.6 Å². The topological polar surface area (TPSA) is 128 Å². The third kappa shape index (κ3) is 5.79. The second kappa shape index (κ2) is 9.88. The molecule has 0 fully saturated rings. The molecule has 0 radical (unpaired) electrons. The molecule has 9 nitrogen and oxygen atoms in total. The maximum atomic E-state index is 12.9. The number of anilines is 2. The number of nitrogens with one attached hydrogen (secondary N) is 2. The van der Waals surface area contributed by atoms with Crippen LogP contribution in [0.1, 0.15) is 22.8 Å². The lowest BCUT2D eigenvalue weighted by atomic mass is 10.1. The second-order valence-corrected chi connectivity index (χ2v) is 8.98. The van der Waals surface area contributed by atoms with Gasteiger partial charge in [0.05, 0.1) is 16.6 Å². The van der Waals surface area contributed by atoms with Crippen molar-refractivity contribution in [3.8, 4) is 5.75 Å². The van der Waals surface area contributed by atoms with Gasteiger partial charge in [0.2, 0.25) is 0 Å². The van der Waals surface area contributed by atoms with Crippen molar-refractivity contribution in [1.82, 2.24) is 0 Å². The third-order valence-corrected chi connectivity index (χ3v) is 6.41. The minimum Gasteiger partial charge on any atom is -0.494 e. The van der Waals surface area contributed by atoms with Gasteiger partial charge in [-0.2, -0.15) is 0 Å². The molecule has 11 heteroatoms. The summed E-state index contributed by atoms with van der Waals surface area (Å²) in [7, 11) is -4.06. The molecule has 0 aliphatic rings. The zero-order valence-electron chi connectivity index (χ0n) is 17.7. The molecule has 0 aliphatic heterocycles. The van der Waals surface area contributed by atoms with Crippen LogP contribution in [0.3, 0.4) is 0 Å². The monoisotopic (exact) mass is 489 g/mol. The minimum absolute atomic E-state index is 0.0300. The van der Waals surface area contributed by atoms with Crippen LogP contribution in [0.2, 0.25) is 5.02 Å². The summed E-state index contributed by atoms with van der Waals surface area (Å²) in [6.07, 6.45) is 0. The zero-order chi connectivity index (χ0) is 24.2. The number of benzene rings is 3. The molecule has 33 heavy (non-hydrogen) atoms. The second-order valence-electron chi connectivity index (χ2n) is 6.92. The number of amides is 1. The Bertz CT molecular complexity index is 1310. The largest absolute Gasteiger partial charge is 0.494 e. The molecule has 0 unspecified atom stereocenters. The first-order chi connectivity index (χ1) is 15.6. The Kier molecular flexibility index (Phi) is 7.19. The van der Waals surface area contributed by atoms with Crippen LogP contribution in [0.5, 0.6) is 5.75 Å². The number of sulfonamides is 1. The van der Waals surface area contributed by atoms with Crippen LogP contribution in [0.15, 0.2) is 65.6 Å². The first kappa shape index (κ1) is 24.0. The Morgan fingerprint density at radius 2 is 1.73 bits per heavy atom. The van der Waals surface area contributed by atoms with E-state index in [4.69, 9.17) is 16.3 Å². The number of nitro groups is 1. The Balaban J connectivity index is 1.81. The number of aryl methyl sites for hydroxylation is 1. The number of hydrogen-bond donors (Lipinski definition) is 2. The van der Waals surface area contributed by atoms with Crippen molar-refractivity contribution >= 4 is 44.6 Å². The van der Waals surface area contributed by atoms with Crippen LogP contribution in [0.4, 0.5) is 17.1 Å². The highest BCUT2D eigenvalue weighted by Crippen LogP contribution is 2.28. The molecule has 2 N–H and O–H groups in total. The van der Waals surface area contributed by atoms with E-state index in [9.17, 15) is 23.3 Å². The van der Waals surface area contributed by atoms with Crippen molar-refractivity contribution in [2.24, 2.45) is 0 Å². The van der Waals surface area contributed by atoms with Crippen molar-refractivity contribution in [3.05, 3.63) is 86.9 Å². The molecule has 3 rings (SSSR count). The molecule has 0 bridgehead atoms. The highest BCUT2D eigenvalue weighted by atomic mass is 35.5. The van der Waals surface area contributed by atoms with Gasteiger partial charge in [-0.1, -0.05) is 11.6 Å². The number of rotatable bonds is 8. The fraction of sp³-hybridized carbons (Fsp3) is 0.136. The summed E-state index contributed by atoms with van der Waals surface area (Å²) in [4.78, 5) is 22.8. The molecular weight excluding hydrogens is 470 g/mol. The molecule has 172 valence electrons. The standard InChI is InChI=1S/C22H20ClN3O6S/c1-3-32-18-8-5-16(6-9-18)25-33(30,31)21-13-17(7-10-19(21)23)24-22(27)15-4-11-20(26(28)29)14(2)12-15/h4-13,25H,3H2,1-2H3,(H,24,27). The molecule has 3 aromatic carbocycles. The number of nitrogens with zero attached hydrogens (tertiary/aromatic N) is 1. The highest BCUT2D eigenvalue weighted by molar-refractivity contribution is 7.92. The van der Waals surface area contributed by atoms with E-state index >= 15 is 0 Å². The van der Waals surface area contributed by atoms with Gasteiger partial charge in [0.1, 0.15) is 10.6 Å². The van der Waals surface area contributed by atoms with E-state index in [0.717, 1.165) is 0 Å². The molecule has 0 spiro atoms. The van der Waals surface area contributed by atoms with Crippen LogP contribution in [-0.2, 0) is 10.0 Å². The number of carbonyl (C=O) groups is 1. The summed E-state index contributed by atoms with van der Waals surface area (Å²) in [5, 5.41) is 13.5.